The van der Waals surface area contributed by atoms with Crippen molar-refractivity contribution in [3.8, 4) is 0 Å². The number of carbonyl (C=O) groups is 1. The van der Waals surface area contributed by atoms with Crippen molar-refractivity contribution in [1.82, 2.24) is 5.32 Å². The van der Waals surface area contributed by atoms with E-state index in [1.165, 1.54) is 0 Å². The molecule has 0 radical (unpaired) electrons. The summed E-state index contributed by atoms with van der Waals surface area (Å²) in [6, 6.07) is 0.159. The molecule has 0 aromatic rings. The molecule has 0 spiro atoms. The van der Waals surface area contributed by atoms with Crippen LogP contribution in [0.15, 0.2) is 0 Å². The summed E-state index contributed by atoms with van der Waals surface area (Å²) in [4.78, 5) is 12.2. The van der Waals surface area contributed by atoms with Crippen molar-refractivity contribution in [2.75, 3.05) is 6.54 Å². The number of ketones is 1. The molecule has 0 aliphatic rings. The minimum atomic E-state index is -0.275. The van der Waals surface area contributed by atoms with Gasteiger partial charge in [-0.3, -0.25) is 4.79 Å². The van der Waals surface area contributed by atoms with Gasteiger partial charge in [-0.05, 0) is 19.8 Å². The predicted octanol–water partition coefficient (Wildman–Crippen LogP) is 2.10. The van der Waals surface area contributed by atoms with Crippen LogP contribution in [0.1, 0.15) is 53.9 Å². The van der Waals surface area contributed by atoms with Crippen molar-refractivity contribution < 1.29 is 4.79 Å². The SMILES string of the molecule is CCCC(C)NC(CN)C(=O)C(C)(C)CC. The fraction of sp³-hybridized carbons (Fsp3) is 0.923. The van der Waals surface area contributed by atoms with Gasteiger partial charge in [-0.2, -0.15) is 0 Å². The summed E-state index contributed by atoms with van der Waals surface area (Å²) in [7, 11) is 0. The van der Waals surface area contributed by atoms with Gasteiger partial charge in [0, 0.05) is 18.0 Å². The highest BCUT2D eigenvalue weighted by molar-refractivity contribution is 5.89. The first kappa shape index (κ1) is 15.6. The number of hydrogen-bond acceptors (Lipinski definition) is 3. The van der Waals surface area contributed by atoms with E-state index >= 15 is 0 Å². The lowest BCUT2D eigenvalue weighted by atomic mass is 9.81. The van der Waals surface area contributed by atoms with Crippen LogP contribution in [0, 0.1) is 5.41 Å². The topological polar surface area (TPSA) is 55.1 Å². The number of carbonyl (C=O) groups excluding carboxylic acids is 1. The molecule has 0 bridgehead atoms. The Balaban J connectivity index is 4.44. The number of hydrogen-bond donors (Lipinski definition) is 2. The zero-order valence-electron chi connectivity index (χ0n) is 11.5. The summed E-state index contributed by atoms with van der Waals surface area (Å²) >= 11 is 0. The van der Waals surface area contributed by atoms with Crippen molar-refractivity contribution in [3.63, 3.8) is 0 Å². The summed E-state index contributed by atoms with van der Waals surface area (Å²) in [5.41, 5.74) is 5.41. The Labute approximate surface area is 100 Å². The molecule has 3 nitrogen and oxygen atoms in total. The fourth-order valence-corrected chi connectivity index (χ4v) is 1.76. The summed E-state index contributed by atoms with van der Waals surface area (Å²) in [5.74, 6) is 0.237. The molecule has 0 fully saturated rings. The van der Waals surface area contributed by atoms with E-state index in [-0.39, 0.29) is 17.2 Å². The van der Waals surface area contributed by atoms with Crippen LogP contribution in [0.25, 0.3) is 0 Å². The van der Waals surface area contributed by atoms with E-state index in [2.05, 4.69) is 19.2 Å². The smallest absolute Gasteiger partial charge is 0.156 e. The number of nitrogens with two attached hydrogens (primary N) is 1. The Morgan fingerprint density at radius 1 is 1.38 bits per heavy atom. The standard InChI is InChI=1S/C13H28N2O/c1-6-8-10(3)15-11(9-14)12(16)13(4,5)7-2/h10-11,15H,6-9,14H2,1-5H3. The Bertz CT molecular complexity index is 214. The first-order chi connectivity index (χ1) is 7.38. The first-order valence-corrected chi connectivity index (χ1v) is 6.39. The van der Waals surface area contributed by atoms with Gasteiger partial charge in [0.1, 0.15) is 0 Å². The molecule has 3 heteroatoms. The third kappa shape index (κ3) is 4.62. The summed E-state index contributed by atoms with van der Waals surface area (Å²) in [6.07, 6.45) is 3.05. The van der Waals surface area contributed by atoms with E-state index in [4.69, 9.17) is 5.73 Å². The monoisotopic (exact) mass is 228 g/mol. The van der Waals surface area contributed by atoms with Gasteiger partial charge in [-0.25, -0.2) is 0 Å². The molecular weight excluding hydrogens is 200 g/mol. The first-order valence-electron chi connectivity index (χ1n) is 6.39. The number of Topliss-reactive ketones (excluding diaryl/α,β-unsaturated/α-hetero) is 1. The number of nitrogens with one attached hydrogen (secondary N) is 1. The second-order valence-corrected chi connectivity index (χ2v) is 5.25. The molecule has 0 aromatic heterocycles. The lowest BCUT2D eigenvalue weighted by Gasteiger charge is -2.29. The van der Waals surface area contributed by atoms with Gasteiger partial charge in [0.15, 0.2) is 5.78 Å². The zero-order valence-corrected chi connectivity index (χ0v) is 11.5. The molecule has 0 aromatic carbocycles. The molecule has 96 valence electrons. The molecule has 3 N–H and O–H groups in total. The zero-order chi connectivity index (χ0) is 12.8. The van der Waals surface area contributed by atoms with Crippen LogP contribution in [-0.2, 0) is 4.79 Å². The van der Waals surface area contributed by atoms with Crippen molar-refractivity contribution in [3.05, 3.63) is 0 Å². The molecule has 16 heavy (non-hydrogen) atoms. The Morgan fingerprint density at radius 3 is 2.31 bits per heavy atom. The fourth-order valence-electron chi connectivity index (χ4n) is 1.76. The quantitative estimate of drug-likeness (QED) is 0.669. The lowest BCUT2D eigenvalue weighted by Crippen LogP contribution is -2.51. The third-order valence-electron chi connectivity index (χ3n) is 3.31. The van der Waals surface area contributed by atoms with Crippen molar-refractivity contribution in [2.24, 2.45) is 11.1 Å². The minimum Gasteiger partial charge on any atom is -0.328 e. The molecule has 0 aliphatic heterocycles. The number of rotatable bonds is 8. The largest absolute Gasteiger partial charge is 0.328 e. The summed E-state index contributed by atoms with van der Waals surface area (Å²) in [6.45, 7) is 10.7. The van der Waals surface area contributed by atoms with Crippen LogP contribution in [0.4, 0.5) is 0 Å². The van der Waals surface area contributed by atoms with Crippen LogP contribution in [0.5, 0.6) is 0 Å². The second-order valence-electron chi connectivity index (χ2n) is 5.25. The van der Waals surface area contributed by atoms with E-state index in [0.29, 0.717) is 12.6 Å². The molecule has 0 saturated heterocycles. The minimum absolute atomic E-state index is 0.198. The van der Waals surface area contributed by atoms with Gasteiger partial charge < -0.3 is 11.1 Å². The normalized spacial score (nSPS) is 15.9. The van der Waals surface area contributed by atoms with E-state index in [1.54, 1.807) is 0 Å². The molecule has 0 aliphatic carbocycles. The highest BCUT2D eigenvalue weighted by atomic mass is 16.1. The maximum absolute atomic E-state index is 12.2. The van der Waals surface area contributed by atoms with Crippen LogP contribution in [0.2, 0.25) is 0 Å². The van der Waals surface area contributed by atoms with Crippen LogP contribution in [-0.4, -0.2) is 24.4 Å². The van der Waals surface area contributed by atoms with Crippen LogP contribution >= 0.6 is 0 Å². The van der Waals surface area contributed by atoms with E-state index in [9.17, 15) is 4.79 Å². The average molecular weight is 228 g/mol. The van der Waals surface area contributed by atoms with Crippen molar-refractivity contribution in [1.29, 1.82) is 0 Å². The summed E-state index contributed by atoms with van der Waals surface area (Å²) < 4.78 is 0. The third-order valence-corrected chi connectivity index (χ3v) is 3.31. The second kappa shape index (κ2) is 7.02. The van der Waals surface area contributed by atoms with E-state index in [0.717, 1.165) is 19.3 Å². The lowest BCUT2D eigenvalue weighted by molar-refractivity contribution is -0.129. The highest BCUT2D eigenvalue weighted by Gasteiger charge is 2.31. The van der Waals surface area contributed by atoms with Gasteiger partial charge in [0.05, 0.1) is 6.04 Å². The molecule has 0 rings (SSSR count). The van der Waals surface area contributed by atoms with Crippen LogP contribution in [0.3, 0.4) is 0 Å². The summed E-state index contributed by atoms with van der Waals surface area (Å²) in [5, 5.41) is 3.33. The van der Waals surface area contributed by atoms with Gasteiger partial charge in [0.25, 0.3) is 0 Å². The molecule has 0 amide bonds. The van der Waals surface area contributed by atoms with Crippen molar-refractivity contribution in [2.45, 2.75) is 66.0 Å². The van der Waals surface area contributed by atoms with Crippen molar-refractivity contribution >= 4 is 5.78 Å². The van der Waals surface area contributed by atoms with Gasteiger partial charge in [-0.1, -0.05) is 34.1 Å². The molecule has 2 unspecified atom stereocenters. The van der Waals surface area contributed by atoms with E-state index in [1.807, 2.05) is 20.8 Å². The Morgan fingerprint density at radius 2 is 1.94 bits per heavy atom. The van der Waals surface area contributed by atoms with Gasteiger partial charge in [-0.15, -0.1) is 0 Å². The predicted molar refractivity (Wildman–Crippen MR) is 69.4 cm³/mol. The molecule has 2 atom stereocenters. The maximum Gasteiger partial charge on any atom is 0.156 e. The maximum atomic E-state index is 12.2. The molecule has 0 saturated carbocycles. The van der Waals surface area contributed by atoms with Crippen LogP contribution < -0.4 is 11.1 Å². The highest BCUT2D eigenvalue weighted by Crippen LogP contribution is 2.22. The Kier molecular flexibility index (Phi) is 6.84. The molecular formula is C13H28N2O. The van der Waals surface area contributed by atoms with Gasteiger partial charge in [0.2, 0.25) is 0 Å². The molecule has 0 heterocycles. The Hall–Kier alpha value is -0.410. The average Bonchev–Trinajstić information content (AvgIpc) is 2.25. The van der Waals surface area contributed by atoms with Gasteiger partial charge >= 0.3 is 0 Å². The van der Waals surface area contributed by atoms with E-state index < -0.39 is 0 Å².